The van der Waals surface area contributed by atoms with Gasteiger partial charge in [0.15, 0.2) is 0 Å². The zero-order chi connectivity index (χ0) is 11.3. The molecule has 0 aliphatic carbocycles. The van der Waals surface area contributed by atoms with Crippen LogP contribution in [0.2, 0.25) is 0 Å². The molecule has 5 nitrogen and oxygen atoms in total. The zero-order valence-corrected chi connectivity index (χ0v) is 9.60. The van der Waals surface area contributed by atoms with Gasteiger partial charge in [-0.25, -0.2) is 4.98 Å². The number of nitrogens with one attached hydrogen (secondary N) is 2. The molecule has 0 aliphatic heterocycles. The predicted octanol–water partition coefficient (Wildman–Crippen LogP) is 0.896. The minimum absolute atomic E-state index is 0.0395. The van der Waals surface area contributed by atoms with Crippen LogP contribution in [-0.4, -0.2) is 32.9 Å². The van der Waals surface area contributed by atoms with Crippen molar-refractivity contribution in [2.75, 3.05) is 6.54 Å². The van der Waals surface area contributed by atoms with Gasteiger partial charge in [0, 0.05) is 6.54 Å². The van der Waals surface area contributed by atoms with Gasteiger partial charge in [-0.15, -0.1) is 11.7 Å². The maximum atomic E-state index is 11.5. The van der Waals surface area contributed by atoms with Crippen LogP contribution in [-0.2, 0) is 4.79 Å². The topological polar surface area (TPSA) is 70.7 Å². The number of carbonyl (C=O) groups excluding carboxylic acids is 1. The quantitative estimate of drug-likeness (QED) is 0.578. The number of hydrogen-bond donors (Lipinski definition) is 2. The number of rotatable bonds is 5. The average molecular weight is 226 g/mol. The van der Waals surface area contributed by atoms with E-state index in [-0.39, 0.29) is 11.2 Å². The first-order valence-corrected chi connectivity index (χ1v) is 5.45. The van der Waals surface area contributed by atoms with Gasteiger partial charge in [-0.2, -0.15) is 0 Å². The molecule has 15 heavy (non-hydrogen) atoms. The van der Waals surface area contributed by atoms with Crippen LogP contribution in [0.3, 0.4) is 0 Å². The number of carbonyl (C=O) groups is 1. The Morgan fingerprint density at radius 3 is 3.07 bits per heavy atom. The highest BCUT2D eigenvalue weighted by molar-refractivity contribution is 8.00. The van der Waals surface area contributed by atoms with E-state index in [2.05, 4.69) is 27.1 Å². The van der Waals surface area contributed by atoms with Gasteiger partial charge in [0.05, 0.1) is 5.25 Å². The molecule has 0 saturated heterocycles. The highest BCUT2D eigenvalue weighted by atomic mass is 32.2. The van der Waals surface area contributed by atoms with E-state index in [1.54, 1.807) is 6.08 Å². The molecule has 1 amide bonds. The predicted molar refractivity (Wildman–Crippen MR) is 59.6 cm³/mol. The highest BCUT2D eigenvalue weighted by Gasteiger charge is 2.15. The molecule has 82 valence electrons. The molecule has 1 rings (SSSR count). The Morgan fingerprint density at radius 1 is 1.80 bits per heavy atom. The molecule has 2 N–H and O–H groups in total. The molecule has 0 radical (unpaired) electrons. The van der Waals surface area contributed by atoms with Gasteiger partial charge in [-0.1, -0.05) is 17.8 Å². The van der Waals surface area contributed by atoms with E-state index in [4.69, 9.17) is 0 Å². The minimum Gasteiger partial charge on any atom is -0.352 e. The number of nitrogens with zero attached hydrogens (tertiary/aromatic N) is 2. The first kappa shape index (κ1) is 11.8. The molecule has 1 heterocycles. The summed E-state index contributed by atoms with van der Waals surface area (Å²) in [6, 6.07) is 0. The third-order valence-electron chi connectivity index (χ3n) is 1.65. The average Bonchev–Trinajstić information content (AvgIpc) is 2.60. The minimum atomic E-state index is -0.208. The highest BCUT2D eigenvalue weighted by Crippen LogP contribution is 2.18. The van der Waals surface area contributed by atoms with Crippen LogP contribution in [0, 0.1) is 6.92 Å². The standard InChI is InChI=1S/C9H14N4OS/c1-4-5-10-8(14)6(2)15-9-11-7(3)12-13-9/h4,6H,1,5H2,2-3H3,(H,10,14)(H,11,12,13). The Bertz CT molecular complexity index is 350. The van der Waals surface area contributed by atoms with Gasteiger partial charge < -0.3 is 5.32 Å². The second-order valence-electron chi connectivity index (χ2n) is 3.00. The number of hydrogen-bond acceptors (Lipinski definition) is 4. The molecule has 0 spiro atoms. The molecular weight excluding hydrogens is 212 g/mol. The van der Waals surface area contributed by atoms with Crippen molar-refractivity contribution in [3.05, 3.63) is 18.5 Å². The van der Waals surface area contributed by atoms with Crippen LogP contribution in [0.4, 0.5) is 0 Å². The summed E-state index contributed by atoms with van der Waals surface area (Å²) in [6.45, 7) is 7.64. The third kappa shape index (κ3) is 3.75. The summed E-state index contributed by atoms with van der Waals surface area (Å²) in [4.78, 5) is 15.6. The summed E-state index contributed by atoms with van der Waals surface area (Å²) in [7, 11) is 0. The number of aromatic nitrogens is 3. The fourth-order valence-corrected chi connectivity index (χ4v) is 1.70. The smallest absolute Gasteiger partial charge is 0.233 e. The van der Waals surface area contributed by atoms with Crippen LogP contribution in [0.5, 0.6) is 0 Å². The number of thioether (sulfide) groups is 1. The Hall–Kier alpha value is -1.30. The van der Waals surface area contributed by atoms with Crippen LogP contribution in [0.15, 0.2) is 17.8 Å². The van der Waals surface area contributed by atoms with E-state index >= 15 is 0 Å². The fraction of sp³-hybridized carbons (Fsp3) is 0.444. The molecule has 6 heteroatoms. The van der Waals surface area contributed by atoms with Gasteiger partial charge in [-0.3, -0.25) is 9.89 Å². The summed E-state index contributed by atoms with van der Waals surface area (Å²) in [5.74, 6) is 0.707. The van der Waals surface area contributed by atoms with Crippen molar-refractivity contribution in [3.8, 4) is 0 Å². The lowest BCUT2D eigenvalue weighted by molar-refractivity contribution is -0.120. The zero-order valence-electron chi connectivity index (χ0n) is 8.78. The molecule has 0 aromatic carbocycles. The second kappa shape index (κ2) is 5.55. The van der Waals surface area contributed by atoms with Gasteiger partial charge in [0.1, 0.15) is 5.82 Å². The van der Waals surface area contributed by atoms with Gasteiger partial charge >= 0.3 is 0 Å². The van der Waals surface area contributed by atoms with Crippen molar-refractivity contribution in [1.29, 1.82) is 0 Å². The molecule has 0 saturated carbocycles. The number of H-pyrrole nitrogens is 1. The molecule has 0 aliphatic rings. The van der Waals surface area contributed by atoms with Crippen molar-refractivity contribution in [2.24, 2.45) is 0 Å². The first-order chi connectivity index (χ1) is 7.13. The molecular formula is C9H14N4OS. The summed E-state index contributed by atoms with van der Waals surface area (Å²) in [5, 5.41) is 9.77. The summed E-state index contributed by atoms with van der Waals surface area (Å²) in [5.41, 5.74) is 0. The third-order valence-corrected chi connectivity index (χ3v) is 2.61. The van der Waals surface area contributed by atoms with E-state index in [1.165, 1.54) is 11.8 Å². The second-order valence-corrected chi connectivity index (χ2v) is 4.31. The van der Waals surface area contributed by atoms with E-state index in [1.807, 2.05) is 13.8 Å². The summed E-state index contributed by atoms with van der Waals surface area (Å²) >= 11 is 1.32. The lowest BCUT2D eigenvalue weighted by Gasteiger charge is -2.07. The molecule has 1 unspecified atom stereocenters. The van der Waals surface area contributed by atoms with Crippen LogP contribution in [0.25, 0.3) is 0 Å². The number of aryl methyl sites for hydroxylation is 1. The van der Waals surface area contributed by atoms with Crippen LogP contribution in [0.1, 0.15) is 12.7 Å². The maximum absolute atomic E-state index is 11.5. The van der Waals surface area contributed by atoms with Gasteiger partial charge in [0.25, 0.3) is 0 Å². The lowest BCUT2D eigenvalue weighted by Crippen LogP contribution is -2.30. The molecule has 1 aromatic heterocycles. The Kier molecular flexibility index (Phi) is 4.36. The molecule has 1 atom stereocenters. The summed E-state index contributed by atoms with van der Waals surface area (Å²) < 4.78 is 0. The van der Waals surface area contributed by atoms with Crippen molar-refractivity contribution in [3.63, 3.8) is 0 Å². The van der Waals surface area contributed by atoms with E-state index in [0.29, 0.717) is 11.7 Å². The van der Waals surface area contributed by atoms with Gasteiger partial charge in [-0.05, 0) is 13.8 Å². The molecule has 1 aromatic rings. The normalized spacial score (nSPS) is 12.1. The summed E-state index contributed by atoms with van der Waals surface area (Å²) in [6.07, 6.45) is 1.65. The van der Waals surface area contributed by atoms with Crippen molar-refractivity contribution in [2.45, 2.75) is 24.3 Å². The monoisotopic (exact) mass is 226 g/mol. The van der Waals surface area contributed by atoms with E-state index in [0.717, 1.165) is 5.82 Å². The largest absolute Gasteiger partial charge is 0.352 e. The van der Waals surface area contributed by atoms with Gasteiger partial charge in [0.2, 0.25) is 11.1 Å². The van der Waals surface area contributed by atoms with E-state index in [9.17, 15) is 4.79 Å². The number of aromatic amines is 1. The fourth-order valence-electron chi connectivity index (χ4n) is 0.903. The lowest BCUT2D eigenvalue weighted by atomic mass is 10.4. The Morgan fingerprint density at radius 2 is 2.53 bits per heavy atom. The van der Waals surface area contributed by atoms with Crippen molar-refractivity contribution < 1.29 is 4.79 Å². The van der Waals surface area contributed by atoms with Crippen molar-refractivity contribution in [1.82, 2.24) is 20.5 Å². The Balaban J connectivity index is 2.44. The maximum Gasteiger partial charge on any atom is 0.233 e. The van der Waals surface area contributed by atoms with Crippen LogP contribution >= 0.6 is 11.8 Å². The number of amides is 1. The van der Waals surface area contributed by atoms with E-state index < -0.39 is 0 Å². The molecule has 0 bridgehead atoms. The SMILES string of the molecule is C=CCNC(=O)C(C)Sc1n[nH]c(C)n1. The van der Waals surface area contributed by atoms with Crippen molar-refractivity contribution >= 4 is 17.7 Å². The molecule has 0 fully saturated rings. The Labute approximate surface area is 92.7 Å². The first-order valence-electron chi connectivity index (χ1n) is 4.57. The van der Waals surface area contributed by atoms with Crippen LogP contribution < -0.4 is 5.32 Å².